The van der Waals surface area contributed by atoms with Crippen molar-refractivity contribution in [2.75, 3.05) is 26.4 Å². The van der Waals surface area contributed by atoms with Gasteiger partial charge >= 0.3 is 0 Å². The molecule has 2 aromatic rings. The number of rotatable bonds is 7. The minimum absolute atomic E-state index is 0.193. The summed E-state index contributed by atoms with van der Waals surface area (Å²) >= 11 is 0. The molecule has 1 aliphatic rings. The topological polar surface area (TPSA) is 47.9 Å². The van der Waals surface area contributed by atoms with Gasteiger partial charge in [-0.05, 0) is 36.1 Å². The van der Waals surface area contributed by atoms with Crippen LogP contribution >= 0.6 is 0 Å². The Hall–Kier alpha value is -1.88. The lowest BCUT2D eigenvalue weighted by molar-refractivity contribution is -0.0659. The van der Waals surface area contributed by atoms with E-state index in [2.05, 4.69) is 12.1 Å². The second-order valence-corrected chi connectivity index (χ2v) is 6.00. The van der Waals surface area contributed by atoms with Crippen LogP contribution in [0.25, 0.3) is 11.1 Å². The summed E-state index contributed by atoms with van der Waals surface area (Å²) in [6.45, 7) is 2.01. The maximum Gasteiger partial charge on any atom is 0.119 e. The molecule has 0 amide bonds. The average Bonchev–Trinajstić information content (AvgIpc) is 2.67. The van der Waals surface area contributed by atoms with Crippen molar-refractivity contribution in [3.05, 3.63) is 54.6 Å². The van der Waals surface area contributed by atoms with Gasteiger partial charge in [-0.25, -0.2) is 0 Å². The van der Waals surface area contributed by atoms with E-state index in [4.69, 9.17) is 14.2 Å². The van der Waals surface area contributed by atoms with E-state index in [0.717, 1.165) is 37.4 Å². The van der Waals surface area contributed by atoms with E-state index in [0.29, 0.717) is 6.61 Å². The molecule has 24 heavy (non-hydrogen) atoms. The van der Waals surface area contributed by atoms with Crippen molar-refractivity contribution >= 4 is 0 Å². The first-order valence-electron chi connectivity index (χ1n) is 8.47. The van der Waals surface area contributed by atoms with Crippen molar-refractivity contribution in [2.45, 2.75) is 25.0 Å². The molecule has 0 radical (unpaired) electrons. The molecule has 0 bridgehead atoms. The number of benzene rings is 2. The van der Waals surface area contributed by atoms with Gasteiger partial charge in [0.15, 0.2) is 0 Å². The van der Waals surface area contributed by atoms with Crippen LogP contribution in [0.15, 0.2) is 54.6 Å². The molecule has 4 heteroatoms. The van der Waals surface area contributed by atoms with Crippen molar-refractivity contribution in [2.24, 2.45) is 0 Å². The van der Waals surface area contributed by atoms with Gasteiger partial charge in [0, 0.05) is 13.2 Å². The van der Waals surface area contributed by atoms with E-state index in [1.54, 1.807) is 0 Å². The fraction of sp³-hybridized carbons (Fsp3) is 0.400. The van der Waals surface area contributed by atoms with Gasteiger partial charge in [-0.3, -0.25) is 0 Å². The van der Waals surface area contributed by atoms with Gasteiger partial charge in [0.05, 0.1) is 12.7 Å². The smallest absolute Gasteiger partial charge is 0.119 e. The summed E-state index contributed by atoms with van der Waals surface area (Å²) in [6.07, 6.45) is 1.36. The van der Waals surface area contributed by atoms with E-state index >= 15 is 0 Å². The highest BCUT2D eigenvalue weighted by molar-refractivity contribution is 5.63. The highest BCUT2D eigenvalue weighted by Gasteiger charge is 2.16. The number of hydrogen-bond donors (Lipinski definition) is 1. The zero-order valence-electron chi connectivity index (χ0n) is 13.8. The van der Waals surface area contributed by atoms with E-state index in [1.165, 1.54) is 5.56 Å². The zero-order valence-corrected chi connectivity index (χ0v) is 13.8. The second-order valence-electron chi connectivity index (χ2n) is 6.00. The molecule has 0 saturated carbocycles. The summed E-state index contributed by atoms with van der Waals surface area (Å²) in [5, 5.41) is 9.99. The van der Waals surface area contributed by atoms with Gasteiger partial charge in [-0.2, -0.15) is 0 Å². The third-order valence-electron chi connectivity index (χ3n) is 4.10. The fourth-order valence-corrected chi connectivity index (χ4v) is 2.70. The molecule has 1 unspecified atom stereocenters. The van der Waals surface area contributed by atoms with Crippen molar-refractivity contribution in [1.82, 2.24) is 0 Å². The molecule has 4 nitrogen and oxygen atoms in total. The largest absolute Gasteiger partial charge is 0.491 e. The van der Waals surface area contributed by atoms with Crippen LogP contribution in [0.5, 0.6) is 5.75 Å². The van der Waals surface area contributed by atoms with Crippen LogP contribution in [0.2, 0.25) is 0 Å². The molecule has 2 aromatic carbocycles. The quantitative estimate of drug-likeness (QED) is 0.847. The minimum Gasteiger partial charge on any atom is -0.491 e. The van der Waals surface area contributed by atoms with Crippen LogP contribution in [0.3, 0.4) is 0 Å². The van der Waals surface area contributed by atoms with Crippen molar-refractivity contribution in [1.29, 1.82) is 0 Å². The SMILES string of the molecule is OC(COc1ccc(-c2ccccc2)cc1)COC1CCOCC1. The summed E-state index contributed by atoms with van der Waals surface area (Å²) in [6, 6.07) is 18.1. The number of aliphatic hydroxyl groups is 1. The lowest BCUT2D eigenvalue weighted by Gasteiger charge is -2.23. The van der Waals surface area contributed by atoms with Crippen molar-refractivity contribution in [3.63, 3.8) is 0 Å². The number of ether oxygens (including phenoxy) is 3. The summed E-state index contributed by atoms with van der Waals surface area (Å²) in [7, 11) is 0. The molecule has 1 atom stereocenters. The minimum atomic E-state index is -0.623. The molecule has 3 rings (SSSR count). The first kappa shape index (κ1) is 17.0. The van der Waals surface area contributed by atoms with E-state index in [9.17, 15) is 5.11 Å². The predicted molar refractivity (Wildman–Crippen MR) is 93.2 cm³/mol. The van der Waals surface area contributed by atoms with Crippen LogP contribution in [0, 0.1) is 0 Å². The van der Waals surface area contributed by atoms with Gasteiger partial charge in [-0.1, -0.05) is 42.5 Å². The Morgan fingerprint density at radius 1 is 0.917 bits per heavy atom. The molecular weight excluding hydrogens is 304 g/mol. The fourth-order valence-electron chi connectivity index (χ4n) is 2.70. The Balaban J connectivity index is 1.42. The summed E-state index contributed by atoms with van der Waals surface area (Å²) in [5.41, 5.74) is 2.32. The molecule has 1 fully saturated rings. The molecule has 0 aliphatic carbocycles. The molecule has 1 aliphatic heterocycles. The zero-order chi connectivity index (χ0) is 16.6. The number of aliphatic hydroxyl groups excluding tert-OH is 1. The third-order valence-corrected chi connectivity index (χ3v) is 4.10. The Morgan fingerprint density at radius 2 is 1.58 bits per heavy atom. The summed E-state index contributed by atoms with van der Waals surface area (Å²) in [4.78, 5) is 0. The molecule has 0 aromatic heterocycles. The van der Waals surface area contributed by atoms with Crippen LogP contribution < -0.4 is 4.74 Å². The van der Waals surface area contributed by atoms with Gasteiger partial charge in [0.25, 0.3) is 0 Å². The molecule has 1 saturated heterocycles. The molecule has 1 N–H and O–H groups in total. The van der Waals surface area contributed by atoms with Crippen LogP contribution in [0.1, 0.15) is 12.8 Å². The van der Waals surface area contributed by atoms with Crippen molar-refractivity contribution < 1.29 is 19.3 Å². The van der Waals surface area contributed by atoms with E-state index in [-0.39, 0.29) is 12.7 Å². The second kappa shape index (κ2) is 8.83. The highest BCUT2D eigenvalue weighted by atomic mass is 16.5. The van der Waals surface area contributed by atoms with E-state index in [1.807, 2.05) is 42.5 Å². The van der Waals surface area contributed by atoms with Crippen LogP contribution in [-0.2, 0) is 9.47 Å². The predicted octanol–water partition coefficient (Wildman–Crippen LogP) is 3.29. The van der Waals surface area contributed by atoms with Gasteiger partial charge in [0.2, 0.25) is 0 Å². The summed E-state index contributed by atoms with van der Waals surface area (Å²) < 4.78 is 16.6. The monoisotopic (exact) mass is 328 g/mol. The maximum atomic E-state index is 9.99. The third kappa shape index (κ3) is 5.06. The lowest BCUT2D eigenvalue weighted by atomic mass is 10.1. The molecule has 0 spiro atoms. The maximum absolute atomic E-state index is 9.99. The molecular formula is C20H24O4. The normalized spacial score (nSPS) is 16.7. The van der Waals surface area contributed by atoms with Crippen LogP contribution in [-0.4, -0.2) is 43.7 Å². The standard InChI is InChI=1S/C20H24O4/c21-18(15-24-20-10-12-22-13-11-20)14-23-19-8-6-17(7-9-19)16-4-2-1-3-5-16/h1-9,18,20-21H,10-15H2. The Kier molecular flexibility index (Phi) is 6.24. The van der Waals surface area contributed by atoms with E-state index < -0.39 is 6.10 Å². The Morgan fingerprint density at radius 3 is 2.29 bits per heavy atom. The van der Waals surface area contributed by atoms with Crippen molar-refractivity contribution in [3.8, 4) is 16.9 Å². The van der Waals surface area contributed by atoms with Crippen LogP contribution in [0.4, 0.5) is 0 Å². The highest BCUT2D eigenvalue weighted by Crippen LogP contribution is 2.22. The molecule has 1 heterocycles. The lowest BCUT2D eigenvalue weighted by Crippen LogP contribution is -2.30. The molecule has 128 valence electrons. The first-order valence-corrected chi connectivity index (χ1v) is 8.47. The summed E-state index contributed by atoms with van der Waals surface area (Å²) in [5.74, 6) is 0.750. The first-order chi connectivity index (χ1) is 11.8. The Labute approximate surface area is 143 Å². The Bertz CT molecular complexity index is 591. The van der Waals surface area contributed by atoms with Gasteiger partial charge in [-0.15, -0.1) is 0 Å². The number of hydrogen-bond acceptors (Lipinski definition) is 4. The average molecular weight is 328 g/mol. The van der Waals surface area contributed by atoms with Gasteiger partial charge < -0.3 is 19.3 Å². The van der Waals surface area contributed by atoms with Gasteiger partial charge in [0.1, 0.15) is 18.5 Å².